The van der Waals surface area contributed by atoms with E-state index in [9.17, 15) is 13.2 Å². The predicted molar refractivity (Wildman–Crippen MR) is 46.0 cm³/mol. The molecular formula is C7H9ClF3N3. The van der Waals surface area contributed by atoms with Crippen molar-refractivity contribution < 1.29 is 13.2 Å². The zero-order chi connectivity index (χ0) is 10.9. The molecule has 1 unspecified atom stereocenters. The largest absolute Gasteiger partial charge is 0.404 e. The number of halogens is 4. The number of alkyl halides is 3. The van der Waals surface area contributed by atoms with Gasteiger partial charge in [-0.15, -0.1) is 0 Å². The fourth-order valence-corrected chi connectivity index (χ4v) is 1.23. The Morgan fingerprint density at radius 1 is 1.64 bits per heavy atom. The molecule has 2 N–H and O–H groups in total. The lowest BCUT2D eigenvalue weighted by Crippen LogP contribution is -2.39. The van der Waals surface area contributed by atoms with Crippen molar-refractivity contribution in [2.45, 2.75) is 18.6 Å². The van der Waals surface area contributed by atoms with Gasteiger partial charge in [-0.05, 0) is 0 Å². The van der Waals surface area contributed by atoms with Crippen LogP contribution in [0.25, 0.3) is 0 Å². The number of aryl methyl sites for hydroxylation is 1. The quantitative estimate of drug-likeness (QED) is 0.832. The molecule has 0 aromatic carbocycles. The van der Waals surface area contributed by atoms with Crippen molar-refractivity contribution in [2.75, 3.05) is 0 Å². The summed E-state index contributed by atoms with van der Waals surface area (Å²) in [6, 6.07) is -1.91. The third-order valence-electron chi connectivity index (χ3n) is 1.84. The van der Waals surface area contributed by atoms with Gasteiger partial charge >= 0.3 is 6.18 Å². The van der Waals surface area contributed by atoms with Gasteiger partial charge in [0.25, 0.3) is 0 Å². The van der Waals surface area contributed by atoms with Crippen molar-refractivity contribution in [1.29, 1.82) is 0 Å². The number of nitrogens with two attached hydrogens (primary N) is 1. The number of rotatable bonds is 2. The molecule has 1 aromatic heterocycles. The standard InChI is InChI=1S/C7H9ClF3N3/c1-14-3-13-6(8)4(14)2-5(12)7(9,10)11/h3,5H,2,12H2,1H3. The van der Waals surface area contributed by atoms with Gasteiger partial charge in [-0.2, -0.15) is 13.2 Å². The van der Waals surface area contributed by atoms with Crippen LogP contribution in [-0.4, -0.2) is 21.8 Å². The van der Waals surface area contributed by atoms with Gasteiger partial charge in [0.15, 0.2) is 0 Å². The van der Waals surface area contributed by atoms with Crippen LogP contribution in [0.4, 0.5) is 13.2 Å². The number of nitrogens with zero attached hydrogens (tertiary/aromatic N) is 2. The zero-order valence-electron chi connectivity index (χ0n) is 7.35. The summed E-state index contributed by atoms with van der Waals surface area (Å²) in [5.74, 6) is 0. The second kappa shape index (κ2) is 3.78. The van der Waals surface area contributed by atoms with E-state index in [-0.39, 0.29) is 17.3 Å². The Hall–Kier alpha value is -0.750. The lowest BCUT2D eigenvalue weighted by Gasteiger charge is -2.15. The maximum Gasteiger partial charge on any atom is 0.404 e. The van der Waals surface area contributed by atoms with Gasteiger partial charge < -0.3 is 10.3 Å². The highest BCUT2D eigenvalue weighted by Crippen LogP contribution is 2.23. The van der Waals surface area contributed by atoms with E-state index >= 15 is 0 Å². The molecule has 0 aliphatic heterocycles. The first-order valence-electron chi connectivity index (χ1n) is 3.80. The monoisotopic (exact) mass is 227 g/mol. The van der Waals surface area contributed by atoms with Crippen molar-refractivity contribution in [2.24, 2.45) is 12.8 Å². The number of imidazole rings is 1. The molecule has 1 aromatic rings. The lowest BCUT2D eigenvalue weighted by molar-refractivity contribution is -0.147. The highest BCUT2D eigenvalue weighted by Gasteiger charge is 2.37. The fourth-order valence-electron chi connectivity index (χ4n) is 0.979. The summed E-state index contributed by atoms with van der Waals surface area (Å²) in [5, 5.41) is 0.0622. The van der Waals surface area contributed by atoms with Crippen LogP contribution in [0.2, 0.25) is 5.15 Å². The van der Waals surface area contributed by atoms with Crippen LogP contribution in [0, 0.1) is 0 Å². The van der Waals surface area contributed by atoms with Gasteiger partial charge in [0.05, 0.1) is 12.0 Å². The average molecular weight is 228 g/mol. The van der Waals surface area contributed by atoms with Crippen LogP contribution in [-0.2, 0) is 13.5 Å². The summed E-state index contributed by atoms with van der Waals surface area (Å²) < 4.78 is 37.7. The summed E-state index contributed by atoms with van der Waals surface area (Å²) in [6.07, 6.45) is -3.42. The van der Waals surface area contributed by atoms with Gasteiger partial charge in [-0.3, -0.25) is 0 Å². The number of hydrogen-bond donors (Lipinski definition) is 1. The Morgan fingerprint density at radius 3 is 2.57 bits per heavy atom. The Balaban J connectivity index is 2.79. The summed E-state index contributed by atoms with van der Waals surface area (Å²) in [4.78, 5) is 3.66. The minimum atomic E-state index is -4.41. The summed E-state index contributed by atoms with van der Waals surface area (Å²) >= 11 is 5.58. The van der Waals surface area contributed by atoms with E-state index in [0.717, 1.165) is 0 Å². The van der Waals surface area contributed by atoms with Gasteiger partial charge in [0.2, 0.25) is 0 Å². The van der Waals surface area contributed by atoms with E-state index in [4.69, 9.17) is 17.3 Å². The smallest absolute Gasteiger partial charge is 0.336 e. The molecule has 80 valence electrons. The third kappa shape index (κ3) is 2.39. The summed E-state index contributed by atoms with van der Waals surface area (Å²) in [7, 11) is 1.57. The Kier molecular flexibility index (Phi) is 3.06. The van der Waals surface area contributed by atoms with Crippen LogP contribution in [0.5, 0.6) is 0 Å². The normalized spacial score (nSPS) is 14.4. The van der Waals surface area contributed by atoms with Crippen LogP contribution >= 0.6 is 11.6 Å². The van der Waals surface area contributed by atoms with E-state index in [1.54, 1.807) is 7.05 Å². The maximum atomic E-state index is 12.1. The Morgan fingerprint density at radius 2 is 2.21 bits per heavy atom. The van der Waals surface area contributed by atoms with Crippen LogP contribution in [0.15, 0.2) is 6.33 Å². The molecule has 0 spiro atoms. The number of aromatic nitrogens is 2. The minimum Gasteiger partial charge on any atom is -0.336 e. The first kappa shape index (κ1) is 11.3. The molecule has 0 radical (unpaired) electrons. The lowest BCUT2D eigenvalue weighted by atomic mass is 10.2. The van der Waals surface area contributed by atoms with Crippen LogP contribution in [0.3, 0.4) is 0 Å². The molecular weight excluding hydrogens is 219 g/mol. The molecule has 3 nitrogen and oxygen atoms in total. The van der Waals surface area contributed by atoms with Crippen molar-refractivity contribution >= 4 is 11.6 Å². The highest BCUT2D eigenvalue weighted by atomic mass is 35.5. The van der Waals surface area contributed by atoms with Gasteiger partial charge in [0.1, 0.15) is 11.2 Å². The van der Waals surface area contributed by atoms with E-state index in [2.05, 4.69) is 4.98 Å². The molecule has 0 fully saturated rings. The Labute approximate surface area is 83.7 Å². The van der Waals surface area contributed by atoms with E-state index in [1.165, 1.54) is 10.9 Å². The van der Waals surface area contributed by atoms with E-state index in [1.807, 2.05) is 0 Å². The van der Waals surface area contributed by atoms with Crippen molar-refractivity contribution in [3.63, 3.8) is 0 Å². The van der Waals surface area contributed by atoms with Gasteiger partial charge in [0, 0.05) is 13.5 Å². The molecule has 0 bridgehead atoms. The summed E-state index contributed by atoms with van der Waals surface area (Å²) in [5.41, 5.74) is 5.24. The Bertz CT molecular complexity index is 301. The highest BCUT2D eigenvalue weighted by molar-refractivity contribution is 6.30. The topological polar surface area (TPSA) is 43.8 Å². The number of hydrogen-bond acceptors (Lipinski definition) is 2. The molecule has 0 aliphatic rings. The van der Waals surface area contributed by atoms with Crippen molar-refractivity contribution in [3.8, 4) is 0 Å². The second-order valence-corrected chi connectivity index (χ2v) is 3.30. The maximum absolute atomic E-state index is 12.1. The van der Waals surface area contributed by atoms with Crippen LogP contribution < -0.4 is 5.73 Å². The predicted octanol–water partition coefficient (Wildman–Crippen LogP) is 1.51. The molecule has 1 atom stereocenters. The summed E-state index contributed by atoms with van der Waals surface area (Å²) in [6.45, 7) is 0. The van der Waals surface area contributed by atoms with E-state index < -0.39 is 12.2 Å². The molecule has 0 saturated heterocycles. The minimum absolute atomic E-state index is 0.0622. The first-order chi connectivity index (χ1) is 6.32. The second-order valence-electron chi connectivity index (χ2n) is 2.95. The first-order valence-corrected chi connectivity index (χ1v) is 4.18. The van der Waals surface area contributed by atoms with Gasteiger partial charge in [-0.1, -0.05) is 11.6 Å². The molecule has 14 heavy (non-hydrogen) atoms. The molecule has 1 rings (SSSR count). The molecule has 7 heteroatoms. The van der Waals surface area contributed by atoms with Gasteiger partial charge in [-0.25, -0.2) is 4.98 Å². The molecule has 1 heterocycles. The fraction of sp³-hybridized carbons (Fsp3) is 0.571. The average Bonchev–Trinajstić information content (AvgIpc) is 2.34. The molecule has 0 amide bonds. The van der Waals surface area contributed by atoms with Crippen molar-refractivity contribution in [1.82, 2.24) is 9.55 Å². The van der Waals surface area contributed by atoms with Crippen molar-refractivity contribution in [3.05, 3.63) is 17.2 Å². The SMILES string of the molecule is Cn1cnc(Cl)c1CC(N)C(F)(F)F. The third-order valence-corrected chi connectivity index (χ3v) is 2.16. The van der Waals surface area contributed by atoms with E-state index in [0.29, 0.717) is 0 Å². The molecule has 0 saturated carbocycles. The van der Waals surface area contributed by atoms with Crippen LogP contribution in [0.1, 0.15) is 5.69 Å². The molecule has 0 aliphatic carbocycles. The zero-order valence-corrected chi connectivity index (χ0v) is 8.10.